The van der Waals surface area contributed by atoms with Gasteiger partial charge in [-0.15, -0.1) is 0 Å². The Morgan fingerprint density at radius 3 is 2.29 bits per heavy atom. The Bertz CT molecular complexity index is 693. The van der Waals surface area contributed by atoms with Crippen molar-refractivity contribution < 1.29 is 5.11 Å². The largest absolute Gasteiger partial charge is 0.393 e. The summed E-state index contributed by atoms with van der Waals surface area (Å²) in [7, 11) is 0. The fourth-order valence-corrected chi connectivity index (χ4v) is 9.20. The second-order valence-electron chi connectivity index (χ2n) is 13.2. The summed E-state index contributed by atoms with van der Waals surface area (Å²) in [5.74, 6) is 6.33. The van der Waals surface area contributed by atoms with Crippen molar-refractivity contribution in [1.29, 1.82) is 0 Å². The molecule has 4 aliphatic rings. The zero-order chi connectivity index (χ0) is 22.6. The molecule has 0 radical (unpaired) electrons. The zero-order valence-corrected chi connectivity index (χ0v) is 21.5. The summed E-state index contributed by atoms with van der Waals surface area (Å²) in [6, 6.07) is 0. The molecule has 0 saturated heterocycles. The molecule has 0 aromatic heterocycles. The van der Waals surface area contributed by atoms with Crippen LogP contribution in [-0.4, -0.2) is 11.2 Å². The lowest BCUT2D eigenvalue weighted by molar-refractivity contribution is -0.0540. The van der Waals surface area contributed by atoms with E-state index in [2.05, 4.69) is 66.7 Å². The number of rotatable bonds is 5. The van der Waals surface area contributed by atoms with Gasteiger partial charge in [0.1, 0.15) is 0 Å². The number of aliphatic hydroxyl groups excluding tert-OH is 1. The van der Waals surface area contributed by atoms with Gasteiger partial charge in [-0.25, -0.2) is 0 Å². The summed E-state index contributed by atoms with van der Waals surface area (Å²) in [6.07, 6.45) is 17.8. The number of hydrogen-bond donors (Lipinski definition) is 1. The highest BCUT2D eigenvalue weighted by Crippen LogP contribution is 2.67. The first kappa shape index (κ1) is 23.6. The van der Waals surface area contributed by atoms with Crippen LogP contribution < -0.4 is 0 Å². The number of aliphatic hydroxyl groups is 1. The van der Waals surface area contributed by atoms with Crippen molar-refractivity contribution in [2.24, 2.45) is 58.2 Å². The fourth-order valence-electron chi connectivity index (χ4n) is 9.20. The van der Waals surface area contributed by atoms with E-state index >= 15 is 0 Å². The van der Waals surface area contributed by atoms with Gasteiger partial charge in [-0.1, -0.05) is 72.3 Å². The van der Waals surface area contributed by atoms with Gasteiger partial charge in [-0.2, -0.15) is 0 Å². The summed E-state index contributed by atoms with van der Waals surface area (Å²) in [5.41, 5.74) is 2.50. The van der Waals surface area contributed by atoms with Crippen LogP contribution in [0.2, 0.25) is 0 Å². The SMILES string of the molecule is CC(C)C(/C=C/[C@@H](C)C1CC[C@H]2[C@@H]3CC=C4C[C@@H](O)CC[C@]4(C)[C@H]3CC[C@]12C)C(C)C. The Morgan fingerprint density at radius 1 is 0.903 bits per heavy atom. The molecule has 0 amide bonds. The van der Waals surface area contributed by atoms with Crippen LogP contribution in [0, 0.1) is 58.2 Å². The van der Waals surface area contributed by atoms with Crippen LogP contribution in [0.1, 0.15) is 99.8 Å². The van der Waals surface area contributed by atoms with E-state index in [1.54, 1.807) is 5.57 Å². The normalized spacial score (nSPS) is 43.8. The van der Waals surface area contributed by atoms with Crippen LogP contribution in [0.15, 0.2) is 23.8 Å². The maximum absolute atomic E-state index is 10.3. The first-order valence-corrected chi connectivity index (χ1v) is 13.6. The quantitative estimate of drug-likeness (QED) is 0.441. The summed E-state index contributed by atoms with van der Waals surface area (Å²) < 4.78 is 0. The fraction of sp³-hybridized carbons (Fsp3) is 0.867. The molecule has 0 aromatic rings. The van der Waals surface area contributed by atoms with E-state index in [1.807, 2.05) is 0 Å². The molecule has 0 aromatic carbocycles. The van der Waals surface area contributed by atoms with Gasteiger partial charge in [0.15, 0.2) is 0 Å². The van der Waals surface area contributed by atoms with E-state index in [4.69, 9.17) is 0 Å². The van der Waals surface area contributed by atoms with Crippen molar-refractivity contribution in [3.05, 3.63) is 23.8 Å². The molecule has 3 fully saturated rings. The van der Waals surface area contributed by atoms with Gasteiger partial charge in [0.2, 0.25) is 0 Å². The van der Waals surface area contributed by atoms with E-state index in [0.717, 1.165) is 48.3 Å². The summed E-state index contributed by atoms with van der Waals surface area (Å²) >= 11 is 0. The first-order chi connectivity index (χ1) is 14.6. The molecule has 1 nitrogen and oxygen atoms in total. The topological polar surface area (TPSA) is 20.2 Å². The van der Waals surface area contributed by atoms with Crippen molar-refractivity contribution in [3.8, 4) is 0 Å². The molecule has 0 heterocycles. The highest BCUT2D eigenvalue weighted by Gasteiger charge is 2.58. The molecule has 4 rings (SSSR count). The van der Waals surface area contributed by atoms with Crippen molar-refractivity contribution in [1.82, 2.24) is 0 Å². The van der Waals surface area contributed by atoms with Gasteiger partial charge in [0.25, 0.3) is 0 Å². The van der Waals surface area contributed by atoms with Crippen LogP contribution in [0.4, 0.5) is 0 Å². The predicted molar refractivity (Wildman–Crippen MR) is 133 cm³/mol. The molecule has 31 heavy (non-hydrogen) atoms. The lowest BCUT2D eigenvalue weighted by atomic mass is 9.47. The van der Waals surface area contributed by atoms with Gasteiger partial charge in [0.05, 0.1) is 6.10 Å². The zero-order valence-electron chi connectivity index (χ0n) is 21.5. The monoisotopic (exact) mass is 426 g/mol. The minimum Gasteiger partial charge on any atom is -0.393 e. The third kappa shape index (κ3) is 4.00. The predicted octanol–water partition coefficient (Wildman–Crippen LogP) is 8.05. The third-order valence-corrected chi connectivity index (χ3v) is 11.0. The lowest BCUT2D eigenvalue weighted by Crippen LogP contribution is -2.50. The van der Waals surface area contributed by atoms with Crippen molar-refractivity contribution >= 4 is 0 Å². The molecular formula is C30H50O. The average Bonchev–Trinajstić information content (AvgIpc) is 3.05. The van der Waals surface area contributed by atoms with Crippen molar-refractivity contribution in [2.45, 2.75) is 106 Å². The van der Waals surface area contributed by atoms with E-state index in [-0.39, 0.29) is 6.10 Å². The van der Waals surface area contributed by atoms with E-state index < -0.39 is 0 Å². The van der Waals surface area contributed by atoms with Gasteiger partial charge >= 0.3 is 0 Å². The Kier molecular flexibility index (Phi) is 6.59. The maximum Gasteiger partial charge on any atom is 0.0577 e. The molecule has 0 spiro atoms. The summed E-state index contributed by atoms with van der Waals surface area (Å²) in [4.78, 5) is 0. The van der Waals surface area contributed by atoms with Crippen LogP contribution in [-0.2, 0) is 0 Å². The Morgan fingerprint density at radius 2 is 1.61 bits per heavy atom. The van der Waals surface area contributed by atoms with Crippen molar-refractivity contribution in [2.75, 3.05) is 0 Å². The molecule has 1 N–H and O–H groups in total. The minimum atomic E-state index is -0.0891. The lowest BCUT2D eigenvalue weighted by Gasteiger charge is -2.58. The molecule has 1 unspecified atom stereocenters. The number of allylic oxidation sites excluding steroid dienone is 3. The minimum absolute atomic E-state index is 0.0891. The molecular weight excluding hydrogens is 376 g/mol. The molecule has 1 heteroatoms. The molecule has 0 aliphatic heterocycles. The maximum atomic E-state index is 10.3. The number of hydrogen-bond acceptors (Lipinski definition) is 1. The number of fused-ring (bicyclic) bond motifs is 5. The highest BCUT2D eigenvalue weighted by molar-refractivity contribution is 5.25. The van der Waals surface area contributed by atoms with Crippen LogP contribution in [0.3, 0.4) is 0 Å². The second kappa shape index (κ2) is 8.66. The standard InChI is InChI=1S/C30H50O/c1-19(2)24(20(3)4)10-8-21(5)26-12-13-27-25-11-9-22-18-23(31)14-16-29(22,6)28(25)15-17-30(26,27)7/h8-10,19-21,23-28,31H,11-18H2,1-7H3/b10-8+/t21-,23+,25+,26?,27+,28+,29+,30-/m1/s1. The first-order valence-electron chi connectivity index (χ1n) is 13.6. The Hall–Kier alpha value is -0.560. The van der Waals surface area contributed by atoms with E-state index in [9.17, 15) is 5.11 Å². The summed E-state index contributed by atoms with van der Waals surface area (Å²) in [5, 5.41) is 10.3. The third-order valence-electron chi connectivity index (χ3n) is 11.0. The second-order valence-corrected chi connectivity index (χ2v) is 13.2. The van der Waals surface area contributed by atoms with Gasteiger partial charge in [-0.3, -0.25) is 0 Å². The molecule has 8 atom stereocenters. The van der Waals surface area contributed by atoms with Crippen LogP contribution >= 0.6 is 0 Å². The smallest absolute Gasteiger partial charge is 0.0577 e. The average molecular weight is 427 g/mol. The molecule has 4 aliphatic carbocycles. The highest BCUT2D eigenvalue weighted by atomic mass is 16.3. The van der Waals surface area contributed by atoms with E-state index in [0.29, 0.717) is 22.7 Å². The molecule has 0 bridgehead atoms. The molecule has 176 valence electrons. The van der Waals surface area contributed by atoms with Crippen LogP contribution in [0.25, 0.3) is 0 Å². The van der Waals surface area contributed by atoms with Crippen molar-refractivity contribution in [3.63, 3.8) is 0 Å². The van der Waals surface area contributed by atoms with E-state index in [1.165, 1.54) is 38.5 Å². The molecule has 3 saturated carbocycles. The summed E-state index contributed by atoms with van der Waals surface area (Å²) in [6.45, 7) is 17.3. The Labute approximate surface area is 193 Å². The van der Waals surface area contributed by atoms with Gasteiger partial charge in [0, 0.05) is 0 Å². The van der Waals surface area contributed by atoms with Gasteiger partial charge in [-0.05, 0) is 110 Å². The van der Waals surface area contributed by atoms with Crippen LogP contribution in [0.5, 0.6) is 0 Å². The van der Waals surface area contributed by atoms with Gasteiger partial charge < -0.3 is 5.11 Å². The Balaban J connectivity index is 1.52.